The molecule has 0 bridgehead atoms. The summed E-state index contributed by atoms with van der Waals surface area (Å²) in [6.07, 6.45) is 0.630. The summed E-state index contributed by atoms with van der Waals surface area (Å²) < 4.78 is 42.4. The molecule has 0 aromatic heterocycles. The van der Waals surface area contributed by atoms with Crippen LogP contribution in [0.25, 0.3) is 0 Å². The largest absolute Gasteiger partial charge is 0.455 e. The standard InChI is InChI=1S/C21H21ClN2O7S/c22-15-1-4-17(5-2-15)32(27,28)24-9-7-14(8-10-24)21(26)29-12-20(25)23-16-3-6-18-19(11-16)31-13-30-18/h1-6,11,14H,7-10,12-13H2,(H,23,25). The Hall–Kier alpha value is -2.82. The van der Waals surface area contributed by atoms with Gasteiger partial charge in [0.15, 0.2) is 18.1 Å². The number of hydrogen-bond acceptors (Lipinski definition) is 7. The molecular weight excluding hydrogens is 460 g/mol. The Morgan fingerprint density at radius 2 is 1.75 bits per heavy atom. The van der Waals surface area contributed by atoms with E-state index in [1.807, 2.05) is 0 Å². The zero-order valence-corrected chi connectivity index (χ0v) is 18.5. The first kappa shape index (κ1) is 22.4. The van der Waals surface area contributed by atoms with Crippen LogP contribution in [0.2, 0.25) is 5.02 Å². The van der Waals surface area contributed by atoms with Crippen LogP contribution in [-0.4, -0.2) is 51.1 Å². The minimum absolute atomic E-state index is 0.129. The van der Waals surface area contributed by atoms with Crippen molar-refractivity contribution in [2.75, 3.05) is 31.8 Å². The van der Waals surface area contributed by atoms with E-state index in [4.69, 9.17) is 25.8 Å². The molecular formula is C21H21ClN2O7S. The number of anilines is 1. The van der Waals surface area contributed by atoms with Crippen LogP contribution in [0.1, 0.15) is 12.8 Å². The lowest BCUT2D eigenvalue weighted by molar-refractivity contribution is -0.152. The lowest BCUT2D eigenvalue weighted by Crippen LogP contribution is -2.40. The number of carbonyl (C=O) groups is 2. The van der Waals surface area contributed by atoms with E-state index < -0.39 is 34.4 Å². The van der Waals surface area contributed by atoms with E-state index in [1.165, 1.54) is 28.6 Å². The van der Waals surface area contributed by atoms with Crippen LogP contribution in [-0.2, 0) is 24.3 Å². The van der Waals surface area contributed by atoms with E-state index in [2.05, 4.69) is 5.32 Å². The molecule has 0 unspecified atom stereocenters. The SMILES string of the molecule is O=C(COC(=O)C1CCN(S(=O)(=O)c2ccc(Cl)cc2)CC1)Nc1ccc2c(c1)OCO2. The minimum Gasteiger partial charge on any atom is -0.455 e. The van der Waals surface area contributed by atoms with Gasteiger partial charge in [-0.15, -0.1) is 0 Å². The molecule has 1 amide bonds. The summed E-state index contributed by atoms with van der Waals surface area (Å²) in [7, 11) is -3.65. The smallest absolute Gasteiger partial charge is 0.309 e. The number of ether oxygens (including phenoxy) is 3. The number of halogens is 1. The van der Waals surface area contributed by atoms with Gasteiger partial charge in [-0.3, -0.25) is 9.59 Å². The highest BCUT2D eigenvalue weighted by molar-refractivity contribution is 7.89. The van der Waals surface area contributed by atoms with Crippen LogP contribution in [0.3, 0.4) is 0 Å². The third-order valence-corrected chi connectivity index (χ3v) is 7.41. The predicted octanol–water partition coefficient (Wildman–Crippen LogP) is 2.65. The lowest BCUT2D eigenvalue weighted by atomic mass is 9.98. The van der Waals surface area contributed by atoms with Crippen molar-refractivity contribution < 1.29 is 32.2 Å². The van der Waals surface area contributed by atoms with Crippen LogP contribution in [0.15, 0.2) is 47.4 Å². The number of amides is 1. The molecule has 2 aromatic carbocycles. The molecule has 0 spiro atoms. The van der Waals surface area contributed by atoms with E-state index in [9.17, 15) is 18.0 Å². The van der Waals surface area contributed by atoms with Gasteiger partial charge in [0.05, 0.1) is 10.8 Å². The fourth-order valence-corrected chi connectivity index (χ4v) is 5.11. The van der Waals surface area contributed by atoms with Gasteiger partial charge in [0.25, 0.3) is 5.91 Å². The fraction of sp³-hybridized carbons (Fsp3) is 0.333. The van der Waals surface area contributed by atoms with E-state index in [1.54, 1.807) is 18.2 Å². The molecule has 2 aliphatic rings. The Morgan fingerprint density at radius 1 is 1.06 bits per heavy atom. The molecule has 2 heterocycles. The molecule has 4 rings (SSSR count). The van der Waals surface area contributed by atoms with Crippen LogP contribution >= 0.6 is 11.6 Å². The number of nitrogens with zero attached hydrogens (tertiary/aromatic N) is 1. The van der Waals surface area contributed by atoms with E-state index in [0.717, 1.165) is 0 Å². The first-order valence-corrected chi connectivity index (χ1v) is 11.8. The number of piperidine rings is 1. The summed E-state index contributed by atoms with van der Waals surface area (Å²) in [5.41, 5.74) is 0.496. The molecule has 32 heavy (non-hydrogen) atoms. The second-order valence-corrected chi connectivity index (χ2v) is 9.73. The number of carbonyl (C=O) groups excluding carboxylic acids is 2. The van der Waals surface area contributed by atoms with Gasteiger partial charge in [0.1, 0.15) is 0 Å². The summed E-state index contributed by atoms with van der Waals surface area (Å²) >= 11 is 5.82. The monoisotopic (exact) mass is 480 g/mol. The van der Waals surface area contributed by atoms with Crippen molar-refractivity contribution in [2.24, 2.45) is 5.92 Å². The normalized spacial score (nSPS) is 16.5. The number of sulfonamides is 1. The Bertz CT molecular complexity index is 1110. The summed E-state index contributed by atoms with van der Waals surface area (Å²) in [6.45, 7) is 0.0724. The fourth-order valence-electron chi connectivity index (χ4n) is 3.51. The van der Waals surface area contributed by atoms with Gasteiger partial charge in [0.2, 0.25) is 16.8 Å². The van der Waals surface area contributed by atoms with Gasteiger partial charge in [-0.1, -0.05) is 11.6 Å². The van der Waals surface area contributed by atoms with Gasteiger partial charge in [0, 0.05) is 29.9 Å². The summed E-state index contributed by atoms with van der Waals surface area (Å²) in [5.74, 6) is -0.349. The molecule has 0 radical (unpaired) electrons. The van der Waals surface area contributed by atoms with Crippen molar-refractivity contribution in [1.29, 1.82) is 0 Å². The predicted molar refractivity (Wildman–Crippen MR) is 115 cm³/mol. The third kappa shape index (κ3) is 4.98. The molecule has 11 heteroatoms. The van der Waals surface area contributed by atoms with Crippen LogP contribution in [0.4, 0.5) is 5.69 Å². The first-order chi connectivity index (χ1) is 15.3. The van der Waals surface area contributed by atoms with Crippen molar-refractivity contribution >= 4 is 39.2 Å². The molecule has 9 nitrogen and oxygen atoms in total. The quantitative estimate of drug-likeness (QED) is 0.632. The molecule has 2 aromatic rings. The molecule has 170 valence electrons. The van der Waals surface area contributed by atoms with Crippen molar-refractivity contribution in [2.45, 2.75) is 17.7 Å². The van der Waals surface area contributed by atoms with E-state index in [-0.39, 0.29) is 24.8 Å². The highest BCUT2D eigenvalue weighted by atomic mass is 35.5. The maximum atomic E-state index is 12.7. The zero-order valence-electron chi connectivity index (χ0n) is 17.0. The van der Waals surface area contributed by atoms with E-state index >= 15 is 0 Å². The third-order valence-electron chi connectivity index (χ3n) is 5.24. The van der Waals surface area contributed by atoms with Gasteiger partial charge in [-0.2, -0.15) is 4.31 Å². The van der Waals surface area contributed by atoms with Gasteiger partial charge in [-0.05, 0) is 49.2 Å². The summed E-state index contributed by atoms with van der Waals surface area (Å²) in [5, 5.41) is 3.08. The number of rotatable bonds is 6. The Kier molecular flexibility index (Phi) is 6.54. The molecule has 2 aliphatic heterocycles. The highest BCUT2D eigenvalue weighted by Crippen LogP contribution is 2.34. The topological polar surface area (TPSA) is 111 Å². The van der Waals surface area contributed by atoms with Crippen molar-refractivity contribution in [3.8, 4) is 11.5 Å². The second-order valence-electron chi connectivity index (χ2n) is 7.36. The van der Waals surface area contributed by atoms with Crippen molar-refractivity contribution in [3.05, 3.63) is 47.5 Å². The maximum Gasteiger partial charge on any atom is 0.309 e. The van der Waals surface area contributed by atoms with Crippen LogP contribution in [0, 0.1) is 5.92 Å². The van der Waals surface area contributed by atoms with Crippen LogP contribution in [0.5, 0.6) is 11.5 Å². The molecule has 1 saturated heterocycles. The first-order valence-electron chi connectivity index (χ1n) is 9.95. The molecule has 0 aliphatic carbocycles. The Balaban J connectivity index is 1.24. The maximum absolute atomic E-state index is 12.7. The number of benzene rings is 2. The number of nitrogens with one attached hydrogen (secondary N) is 1. The van der Waals surface area contributed by atoms with Crippen molar-refractivity contribution in [3.63, 3.8) is 0 Å². The number of hydrogen-bond donors (Lipinski definition) is 1. The van der Waals surface area contributed by atoms with E-state index in [0.29, 0.717) is 35.1 Å². The van der Waals surface area contributed by atoms with Gasteiger partial charge >= 0.3 is 5.97 Å². The van der Waals surface area contributed by atoms with Crippen LogP contribution < -0.4 is 14.8 Å². The second kappa shape index (κ2) is 9.35. The lowest BCUT2D eigenvalue weighted by Gasteiger charge is -2.30. The summed E-state index contributed by atoms with van der Waals surface area (Å²) in [6, 6.07) is 10.9. The van der Waals surface area contributed by atoms with Crippen molar-refractivity contribution in [1.82, 2.24) is 4.31 Å². The molecule has 0 atom stereocenters. The summed E-state index contributed by atoms with van der Waals surface area (Å²) in [4.78, 5) is 24.6. The zero-order chi connectivity index (χ0) is 22.7. The Morgan fingerprint density at radius 3 is 2.47 bits per heavy atom. The van der Waals surface area contributed by atoms with Gasteiger partial charge in [-0.25, -0.2) is 8.42 Å². The average Bonchev–Trinajstić information content (AvgIpc) is 3.26. The number of esters is 1. The highest BCUT2D eigenvalue weighted by Gasteiger charge is 2.33. The molecule has 1 N–H and O–H groups in total. The Labute approximate surface area is 190 Å². The average molecular weight is 481 g/mol. The number of fused-ring (bicyclic) bond motifs is 1. The van der Waals surface area contributed by atoms with Gasteiger partial charge < -0.3 is 19.5 Å². The molecule has 0 saturated carbocycles. The minimum atomic E-state index is -3.65. The molecule has 1 fully saturated rings.